The van der Waals surface area contributed by atoms with Gasteiger partial charge in [-0.05, 0) is 24.3 Å². The number of nitrogens with zero attached hydrogens (tertiary/aromatic N) is 2. The van der Waals surface area contributed by atoms with Gasteiger partial charge in [0.1, 0.15) is 11.6 Å². The van der Waals surface area contributed by atoms with Gasteiger partial charge in [0.2, 0.25) is 0 Å². The zero-order valence-corrected chi connectivity index (χ0v) is 14.1. The van der Waals surface area contributed by atoms with Gasteiger partial charge in [0, 0.05) is 22.9 Å². The highest BCUT2D eigenvalue weighted by Crippen LogP contribution is 2.27. The zero-order chi connectivity index (χ0) is 17.1. The van der Waals surface area contributed by atoms with Gasteiger partial charge in [-0.2, -0.15) is 0 Å². The van der Waals surface area contributed by atoms with Crippen LogP contribution in [0.4, 0.5) is 8.78 Å². The number of hydrogen-bond acceptors (Lipinski definition) is 3. The van der Waals surface area contributed by atoms with Gasteiger partial charge in [-0.3, -0.25) is 14.7 Å². The molecule has 1 heterocycles. The molecule has 1 aliphatic heterocycles. The van der Waals surface area contributed by atoms with Crippen molar-refractivity contribution in [2.45, 2.75) is 5.75 Å². The van der Waals surface area contributed by atoms with E-state index >= 15 is 0 Å². The molecule has 0 aliphatic carbocycles. The number of hydrogen-bond donors (Lipinski definition) is 0. The number of aliphatic imine (C=N–C) groups is 1. The summed E-state index contributed by atoms with van der Waals surface area (Å²) < 4.78 is 27.6. The molecule has 2 aromatic rings. The summed E-state index contributed by atoms with van der Waals surface area (Å²) >= 11 is 7.22. The van der Waals surface area contributed by atoms with Crippen molar-refractivity contribution in [2.24, 2.45) is 4.99 Å². The lowest BCUT2D eigenvalue weighted by atomic mass is 10.2. The SMILES string of the molecule is O=C(c1ccccc1F)N1CCN=C1SCc1c(F)cccc1Cl. The van der Waals surface area contributed by atoms with E-state index in [-0.39, 0.29) is 11.3 Å². The Morgan fingerprint density at radius 1 is 1.17 bits per heavy atom. The summed E-state index contributed by atoms with van der Waals surface area (Å²) in [5.41, 5.74) is 0.355. The molecular weight excluding hydrogens is 354 g/mol. The molecule has 2 aromatic carbocycles. The predicted octanol–water partition coefficient (Wildman–Crippen LogP) is 4.36. The molecular formula is C17H13ClF2N2OS. The summed E-state index contributed by atoms with van der Waals surface area (Å²) in [6.45, 7) is 0.814. The fraction of sp³-hybridized carbons (Fsp3) is 0.176. The fourth-order valence-electron chi connectivity index (χ4n) is 2.33. The summed E-state index contributed by atoms with van der Waals surface area (Å²) in [7, 11) is 0. The Bertz CT molecular complexity index is 793. The van der Waals surface area contributed by atoms with Crippen LogP contribution in [0.3, 0.4) is 0 Å². The van der Waals surface area contributed by atoms with Crippen LogP contribution >= 0.6 is 23.4 Å². The molecule has 0 saturated heterocycles. The van der Waals surface area contributed by atoms with E-state index in [2.05, 4.69) is 4.99 Å². The Labute approximate surface area is 147 Å². The van der Waals surface area contributed by atoms with Crippen LogP contribution in [0, 0.1) is 11.6 Å². The quantitative estimate of drug-likeness (QED) is 0.808. The number of amidine groups is 1. The standard InChI is InChI=1S/C17H13ClF2N2OS/c18-13-5-3-7-15(20)12(13)10-24-17-21-8-9-22(17)16(23)11-4-1-2-6-14(11)19/h1-7H,8-10H2. The highest BCUT2D eigenvalue weighted by atomic mass is 35.5. The first kappa shape index (κ1) is 16.9. The van der Waals surface area contributed by atoms with E-state index in [4.69, 9.17) is 11.6 Å². The number of carbonyl (C=O) groups excluding carboxylic acids is 1. The second kappa shape index (κ2) is 7.32. The van der Waals surface area contributed by atoms with Crippen LogP contribution in [0.5, 0.6) is 0 Å². The third-order valence-corrected chi connectivity index (χ3v) is 4.95. The van der Waals surface area contributed by atoms with Gasteiger partial charge in [0.15, 0.2) is 5.17 Å². The van der Waals surface area contributed by atoms with Crippen molar-refractivity contribution in [1.82, 2.24) is 4.90 Å². The summed E-state index contributed by atoms with van der Waals surface area (Å²) in [6.07, 6.45) is 0. The molecule has 0 spiro atoms. The summed E-state index contributed by atoms with van der Waals surface area (Å²) in [4.78, 5) is 18.2. The molecule has 1 aliphatic rings. The number of thioether (sulfide) groups is 1. The van der Waals surface area contributed by atoms with Crippen LogP contribution in [-0.4, -0.2) is 29.1 Å². The van der Waals surface area contributed by atoms with E-state index in [1.165, 1.54) is 47.0 Å². The van der Waals surface area contributed by atoms with Gasteiger partial charge < -0.3 is 0 Å². The summed E-state index contributed by atoms with van der Waals surface area (Å²) in [5, 5.41) is 0.774. The average molecular weight is 367 g/mol. The molecule has 0 aromatic heterocycles. The number of benzene rings is 2. The Morgan fingerprint density at radius 3 is 2.67 bits per heavy atom. The van der Waals surface area contributed by atoms with Crippen LogP contribution in [0.1, 0.15) is 15.9 Å². The predicted molar refractivity (Wildman–Crippen MR) is 92.4 cm³/mol. The Morgan fingerprint density at radius 2 is 1.92 bits per heavy atom. The van der Waals surface area contributed by atoms with E-state index < -0.39 is 17.5 Å². The van der Waals surface area contributed by atoms with Gasteiger partial charge in [0.25, 0.3) is 5.91 Å². The molecule has 1 amide bonds. The van der Waals surface area contributed by atoms with E-state index in [9.17, 15) is 13.6 Å². The maximum atomic E-state index is 13.8. The lowest BCUT2D eigenvalue weighted by Crippen LogP contribution is -2.33. The minimum absolute atomic E-state index is 0.00313. The minimum atomic E-state index is -0.573. The van der Waals surface area contributed by atoms with Gasteiger partial charge in [0.05, 0.1) is 12.1 Å². The van der Waals surface area contributed by atoms with Crippen molar-refractivity contribution in [1.29, 1.82) is 0 Å². The van der Waals surface area contributed by atoms with E-state index in [1.807, 2.05) is 0 Å². The molecule has 124 valence electrons. The number of amides is 1. The molecule has 24 heavy (non-hydrogen) atoms. The van der Waals surface area contributed by atoms with Gasteiger partial charge in [-0.25, -0.2) is 8.78 Å². The number of halogens is 3. The Balaban J connectivity index is 1.75. The highest BCUT2D eigenvalue weighted by Gasteiger charge is 2.27. The zero-order valence-electron chi connectivity index (χ0n) is 12.5. The van der Waals surface area contributed by atoms with Crippen molar-refractivity contribution in [2.75, 3.05) is 13.1 Å². The van der Waals surface area contributed by atoms with Gasteiger partial charge >= 0.3 is 0 Å². The van der Waals surface area contributed by atoms with Crippen molar-refractivity contribution in [3.8, 4) is 0 Å². The number of rotatable bonds is 3. The number of carbonyl (C=O) groups is 1. The molecule has 3 rings (SSSR count). The van der Waals surface area contributed by atoms with Crippen molar-refractivity contribution in [3.05, 3.63) is 70.2 Å². The smallest absolute Gasteiger partial charge is 0.262 e. The first-order valence-electron chi connectivity index (χ1n) is 7.24. The normalized spacial score (nSPS) is 14.0. The first-order chi connectivity index (χ1) is 11.6. The van der Waals surface area contributed by atoms with E-state index in [0.29, 0.717) is 28.8 Å². The third kappa shape index (κ3) is 3.44. The van der Waals surface area contributed by atoms with E-state index in [1.54, 1.807) is 12.1 Å². The van der Waals surface area contributed by atoms with E-state index in [0.717, 1.165) is 0 Å². The summed E-state index contributed by atoms with van der Waals surface area (Å²) in [5.74, 6) is -1.18. The lowest BCUT2D eigenvalue weighted by Gasteiger charge is -2.18. The largest absolute Gasteiger partial charge is 0.285 e. The minimum Gasteiger partial charge on any atom is -0.285 e. The first-order valence-corrected chi connectivity index (χ1v) is 8.61. The molecule has 0 bridgehead atoms. The molecule has 0 atom stereocenters. The van der Waals surface area contributed by atoms with Gasteiger partial charge in [-0.1, -0.05) is 41.6 Å². The lowest BCUT2D eigenvalue weighted by molar-refractivity contribution is 0.0856. The van der Waals surface area contributed by atoms with Crippen molar-refractivity contribution in [3.63, 3.8) is 0 Å². The maximum Gasteiger partial charge on any atom is 0.262 e. The third-order valence-electron chi connectivity index (χ3n) is 3.56. The molecule has 7 heteroatoms. The maximum absolute atomic E-state index is 13.8. The van der Waals surface area contributed by atoms with Crippen LogP contribution in [0.15, 0.2) is 47.5 Å². The highest BCUT2D eigenvalue weighted by molar-refractivity contribution is 8.13. The van der Waals surface area contributed by atoms with Crippen LogP contribution in [0.2, 0.25) is 5.02 Å². The van der Waals surface area contributed by atoms with Crippen LogP contribution in [0.25, 0.3) is 0 Å². The molecule has 0 fully saturated rings. The summed E-state index contributed by atoms with van der Waals surface area (Å²) in [6, 6.07) is 10.3. The van der Waals surface area contributed by atoms with Crippen molar-refractivity contribution < 1.29 is 13.6 Å². The van der Waals surface area contributed by atoms with Crippen molar-refractivity contribution >= 4 is 34.4 Å². The second-order valence-electron chi connectivity index (χ2n) is 5.09. The molecule has 0 saturated carbocycles. The van der Waals surface area contributed by atoms with Crippen LogP contribution in [-0.2, 0) is 5.75 Å². The molecule has 0 radical (unpaired) electrons. The monoisotopic (exact) mass is 366 g/mol. The average Bonchev–Trinajstić information content (AvgIpc) is 3.03. The van der Waals surface area contributed by atoms with Crippen LogP contribution < -0.4 is 0 Å². The molecule has 3 nitrogen and oxygen atoms in total. The molecule has 0 N–H and O–H groups in total. The van der Waals surface area contributed by atoms with Gasteiger partial charge in [-0.15, -0.1) is 0 Å². The second-order valence-corrected chi connectivity index (χ2v) is 6.44. The Kier molecular flexibility index (Phi) is 5.16. The fourth-order valence-corrected chi connectivity index (χ4v) is 3.71. The molecule has 0 unspecified atom stereocenters. The Hall–Kier alpha value is -1.92. The topological polar surface area (TPSA) is 32.7 Å².